The maximum Gasteiger partial charge on any atom is 0.338 e. The first kappa shape index (κ1) is 19.9. The molecule has 0 saturated carbocycles. The number of hydrogen-bond donors (Lipinski definition) is 1. The minimum Gasteiger partial charge on any atom is -0.455 e. The fourth-order valence-corrected chi connectivity index (χ4v) is 3.06. The van der Waals surface area contributed by atoms with Crippen LogP contribution in [0.3, 0.4) is 0 Å². The first-order valence-electron chi connectivity index (χ1n) is 9.09. The molecule has 1 aromatic heterocycles. The SMILES string of the molecule is CCC1CC(=N)C(Cn2cc(COC(=O)c3ccc(Cl)cc3)nn2)=CN=C1C. The third-order valence-corrected chi connectivity index (χ3v) is 4.95. The lowest BCUT2D eigenvalue weighted by molar-refractivity contribution is 0.0467. The van der Waals surface area contributed by atoms with Gasteiger partial charge in [0.1, 0.15) is 12.3 Å². The van der Waals surface area contributed by atoms with E-state index in [1.54, 1.807) is 41.3 Å². The van der Waals surface area contributed by atoms with Crippen LogP contribution in [-0.2, 0) is 17.9 Å². The van der Waals surface area contributed by atoms with Crippen LogP contribution < -0.4 is 0 Å². The van der Waals surface area contributed by atoms with Gasteiger partial charge in [-0.3, -0.25) is 4.99 Å². The minimum atomic E-state index is -0.449. The zero-order valence-electron chi connectivity index (χ0n) is 15.9. The molecular weight excluding hydrogens is 378 g/mol. The van der Waals surface area contributed by atoms with Crippen LogP contribution in [0.15, 0.2) is 47.2 Å². The Hall–Kier alpha value is -2.80. The molecule has 3 rings (SSSR count). The number of allylic oxidation sites excluding steroid dienone is 1. The van der Waals surface area contributed by atoms with Gasteiger partial charge in [0, 0.05) is 34.1 Å². The van der Waals surface area contributed by atoms with E-state index in [-0.39, 0.29) is 6.61 Å². The molecule has 1 N–H and O–H groups in total. The third-order valence-electron chi connectivity index (χ3n) is 4.70. The molecule has 1 aromatic carbocycles. The van der Waals surface area contributed by atoms with Crippen LogP contribution in [0.5, 0.6) is 0 Å². The molecule has 1 aliphatic rings. The van der Waals surface area contributed by atoms with E-state index in [2.05, 4.69) is 22.2 Å². The summed E-state index contributed by atoms with van der Waals surface area (Å²) in [5, 5.41) is 17.0. The second-order valence-corrected chi connectivity index (χ2v) is 7.14. The average Bonchev–Trinajstić information content (AvgIpc) is 3.09. The summed E-state index contributed by atoms with van der Waals surface area (Å²) in [6, 6.07) is 6.49. The first-order chi connectivity index (χ1) is 13.5. The van der Waals surface area contributed by atoms with E-state index in [0.717, 1.165) is 17.7 Å². The number of rotatable bonds is 6. The molecule has 1 aliphatic heterocycles. The van der Waals surface area contributed by atoms with Crippen molar-refractivity contribution in [3.8, 4) is 0 Å². The molecule has 8 heteroatoms. The number of carbonyl (C=O) groups is 1. The number of ether oxygens (including phenoxy) is 1. The Morgan fingerprint density at radius 1 is 1.36 bits per heavy atom. The summed E-state index contributed by atoms with van der Waals surface area (Å²) in [6.07, 6.45) is 5.10. The zero-order chi connectivity index (χ0) is 20.1. The highest BCUT2D eigenvalue weighted by Crippen LogP contribution is 2.20. The number of aliphatic imine (C=N–C) groups is 1. The number of hydrogen-bond acceptors (Lipinski definition) is 6. The van der Waals surface area contributed by atoms with Crippen LogP contribution in [0.2, 0.25) is 5.02 Å². The summed E-state index contributed by atoms with van der Waals surface area (Å²) in [5.74, 6) is -0.144. The van der Waals surface area contributed by atoms with Crippen molar-refractivity contribution in [2.75, 3.05) is 0 Å². The first-order valence-corrected chi connectivity index (χ1v) is 9.47. The van der Waals surface area contributed by atoms with Gasteiger partial charge < -0.3 is 10.1 Å². The molecular formula is C20H22ClN5O2. The number of esters is 1. The number of nitrogens with one attached hydrogen (secondary N) is 1. The molecule has 0 saturated heterocycles. The van der Waals surface area contributed by atoms with Gasteiger partial charge in [0.2, 0.25) is 0 Å². The number of carbonyl (C=O) groups excluding carboxylic acids is 1. The van der Waals surface area contributed by atoms with E-state index in [9.17, 15) is 4.79 Å². The van der Waals surface area contributed by atoms with Gasteiger partial charge >= 0.3 is 5.97 Å². The Morgan fingerprint density at radius 3 is 2.82 bits per heavy atom. The molecule has 146 valence electrons. The van der Waals surface area contributed by atoms with Crippen molar-refractivity contribution in [3.63, 3.8) is 0 Å². The van der Waals surface area contributed by atoms with Crippen LogP contribution in [-0.4, -0.2) is 32.4 Å². The monoisotopic (exact) mass is 399 g/mol. The molecule has 28 heavy (non-hydrogen) atoms. The Morgan fingerprint density at radius 2 is 2.11 bits per heavy atom. The highest BCUT2D eigenvalue weighted by molar-refractivity contribution is 6.30. The molecule has 2 aromatic rings. The Kier molecular flexibility index (Phi) is 6.36. The smallest absolute Gasteiger partial charge is 0.338 e. The summed E-state index contributed by atoms with van der Waals surface area (Å²) in [5.41, 5.74) is 3.39. The molecule has 1 atom stereocenters. The maximum atomic E-state index is 12.1. The summed E-state index contributed by atoms with van der Waals surface area (Å²) in [7, 11) is 0. The van der Waals surface area contributed by atoms with Gasteiger partial charge in [-0.25, -0.2) is 9.48 Å². The van der Waals surface area contributed by atoms with Gasteiger partial charge in [0.05, 0.1) is 18.3 Å². The third kappa shape index (κ3) is 4.92. The summed E-state index contributed by atoms with van der Waals surface area (Å²) >= 11 is 5.82. The topological polar surface area (TPSA) is 93.2 Å². The number of aromatic nitrogens is 3. The van der Waals surface area contributed by atoms with Gasteiger partial charge in [-0.15, -0.1) is 5.10 Å². The van der Waals surface area contributed by atoms with E-state index in [1.165, 1.54) is 0 Å². The lowest BCUT2D eigenvalue weighted by atomic mass is 9.93. The predicted octanol–water partition coefficient (Wildman–Crippen LogP) is 4.08. The van der Waals surface area contributed by atoms with Gasteiger partial charge in [0.15, 0.2) is 0 Å². The van der Waals surface area contributed by atoms with E-state index >= 15 is 0 Å². The van der Waals surface area contributed by atoms with E-state index < -0.39 is 5.97 Å². The quantitative estimate of drug-likeness (QED) is 0.740. The molecule has 7 nitrogen and oxygen atoms in total. The van der Waals surface area contributed by atoms with Crippen molar-refractivity contribution in [1.82, 2.24) is 15.0 Å². The second-order valence-electron chi connectivity index (χ2n) is 6.70. The van der Waals surface area contributed by atoms with Crippen molar-refractivity contribution < 1.29 is 9.53 Å². The van der Waals surface area contributed by atoms with Crippen LogP contribution in [0.25, 0.3) is 0 Å². The lowest BCUT2D eigenvalue weighted by Crippen LogP contribution is -2.16. The molecule has 0 bridgehead atoms. The molecule has 0 amide bonds. The van der Waals surface area contributed by atoms with Crippen molar-refractivity contribution in [2.24, 2.45) is 10.9 Å². The summed E-state index contributed by atoms with van der Waals surface area (Å²) in [6.45, 7) is 4.54. The van der Waals surface area contributed by atoms with Gasteiger partial charge in [-0.1, -0.05) is 23.7 Å². The predicted molar refractivity (Wildman–Crippen MR) is 108 cm³/mol. The Balaban J connectivity index is 1.59. The Labute approximate surface area is 168 Å². The maximum absolute atomic E-state index is 12.1. The van der Waals surface area contributed by atoms with Gasteiger partial charge in [-0.2, -0.15) is 0 Å². The van der Waals surface area contributed by atoms with Crippen LogP contribution in [0, 0.1) is 11.3 Å². The fraction of sp³-hybridized carbons (Fsp3) is 0.350. The van der Waals surface area contributed by atoms with E-state index in [0.29, 0.717) is 40.9 Å². The van der Waals surface area contributed by atoms with E-state index in [1.807, 2.05) is 6.92 Å². The van der Waals surface area contributed by atoms with Gasteiger partial charge in [0.25, 0.3) is 0 Å². The lowest BCUT2D eigenvalue weighted by Gasteiger charge is -2.13. The van der Waals surface area contributed by atoms with Gasteiger partial charge in [-0.05, 0) is 44.0 Å². The highest BCUT2D eigenvalue weighted by Gasteiger charge is 2.19. The second kappa shape index (κ2) is 8.93. The number of nitrogens with zero attached hydrogens (tertiary/aromatic N) is 4. The average molecular weight is 400 g/mol. The zero-order valence-corrected chi connectivity index (χ0v) is 16.6. The number of benzene rings is 1. The van der Waals surface area contributed by atoms with Crippen LogP contribution >= 0.6 is 11.6 Å². The van der Waals surface area contributed by atoms with Crippen molar-refractivity contribution in [3.05, 3.63) is 58.5 Å². The number of halogens is 1. The molecule has 0 fully saturated rings. The van der Waals surface area contributed by atoms with Crippen LogP contribution in [0.1, 0.15) is 42.7 Å². The molecule has 0 spiro atoms. The van der Waals surface area contributed by atoms with Crippen molar-refractivity contribution in [2.45, 2.75) is 39.8 Å². The van der Waals surface area contributed by atoms with E-state index in [4.69, 9.17) is 21.7 Å². The largest absolute Gasteiger partial charge is 0.455 e. The molecule has 2 heterocycles. The van der Waals surface area contributed by atoms with Crippen LogP contribution in [0.4, 0.5) is 0 Å². The normalized spacial score (nSPS) is 17.0. The standard InChI is InChI=1S/C20H22ClN5O2/c1-3-14-8-19(22)16(9-23-13(14)2)10-26-11-18(24-25-26)12-28-20(27)15-4-6-17(21)7-5-15/h4-7,9,11,14,22H,3,8,10,12H2,1-2H3. The molecule has 0 radical (unpaired) electrons. The molecule has 0 aliphatic carbocycles. The highest BCUT2D eigenvalue weighted by atomic mass is 35.5. The Bertz CT molecular complexity index is 930. The summed E-state index contributed by atoms with van der Waals surface area (Å²) in [4.78, 5) is 16.5. The fourth-order valence-electron chi connectivity index (χ4n) is 2.93. The van der Waals surface area contributed by atoms with Crippen molar-refractivity contribution >= 4 is 29.0 Å². The molecule has 1 unspecified atom stereocenters. The minimum absolute atomic E-state index is 0.0210. The summed E-state index contributed by atoms with van der Waals surface area (Å²) < 4.78 is 6.89. The van der Waals surface area contributed by atoms with Crippen molar-refractivity contribution in [1.29, 1.82) is 5.41 Å².